The van der Waals surface area contributed by atoms with Gasteiger partial charge in [-0.3, -0.25) is 4.79 Å². The average molecular weight is 296 g/mol. The fourth-order valence-corrected chi connectivity index (χ4v) is 2.49. The molecule has 0 spiro atoms. The van der Waals surface area contributed by atoms with E-state index in [9.17, 15) is 4.79 Å². The number of carbonyl (C=O) groups excluding carboxylic acids is 1. The lowest BCUT2D eigenvalue weighted by atomic mass is 10.1. The molecule has 1 N–H and O–H groups in total. The number of aromatic nitrogens is 2. The molecular weight excluding hydrogens is 284 g/mol. The van der Waals surface area contributed by atoms with Gasteiger partial charge in [-0.1, -0.05) is 40.9 Å². The second-order valence-corrected chi connectivity index (χ2v) is 5.25. The summed E-state index contributed by atoms with van der Waals surface area (Å²) in [6.07, 6.45) is 1.62. The molecule has 5 nitrogen and oxygen atoms in total. The topological polar surface area (TPSA) is 67.2 Å². The molecule has 1 amide bonds. The first-order valence-corrected chi connectivity index (χ1v) is 7.12. The highest BCUT2D eigenvalue weighted by molar-refractivity contribution is 7.07. The van der Waals surface area contributed by atoms with E-state index in [0.717, 1.165) is 22.5 Å². The zero-order valence-corrected chi connectivity index (χ0v) is 12.1. The molecule has 0 bridgehead atoms. The fraction of sp³-hybridized carbons (Fsp3) is 0.0667. The third kappa shape index (κ3) is 2.95. The van der Waals surface area contributed by atoms with Crippen LogP contribution < -0.4 is 5.43 Å². The van der Waals surface area contributed by atoms with Gasteiger partial charge in [0.15, 0.2) is 0 Å². The molecule has 0 aliphatic carbocycles. The van der Waals surface area contributed by atoms with E-state index in [4.69, 9.17) is 0 Å². The number of rotatable bonds is 3. The maximum atomic E-state index is 11.8. The van der Waals surface area contributed by atoms with Crippen molar-refractivity contribution in [3.05, 3.63) is 58.6 Å². The van der Waals surface area contributed by atoms with E-state index in [-0.39, 0.29) is 5.91 Å². The number of nitrogens with one attached hydrogen (secondary N) is 1. The molecule has 1 aromatic heterocycles. The Balaban J connectivity index is 1.73. The molecule has 3 aromatic rings. The summed E-state index contributed by atoms with van der Waals surface area (Å²) in [4.78, 5) is 12.3. The fourth-order valence-electron chi connectivity index (χ4n) is 1.94. The van der Waals surface area contributed by atoms with Crippen LogP contribution in [-0.2, 0) is 0 Å². The van der Waals surface area contributed by atoms with Crippen molar-refractivity contribution in [2.75, 3.05) is 0 Å². The molecule has 3 rings (SSSR count). The number of nitrogens with zero attached hydrogens (tertiary/aromatic N) is 3. The zero-order valence-electron chi connectivity index (χ0n) is 11.3. The first kappa shape index (κ1) is 13.4. The zero-order chi connectivity index (χ0) is 14.7. The van der Waals surface area contributed by atoms with Crippen LogP contribution in [0.2, 0.25) is 0 Å². The molecule has 2 aromatic carbocycles. The highest BCUT2D eigenvalue weighted by Crippen LogP contribution is 2.14. The predicted octanol–water partition coefficient (Wildman–Crippen LogP) is 2.76. The van der Waals surface area contributed by atoms with Crippen LogP contribution in [-0.4, -0.2) is 21.7 Å². The minimum Gasteiger partial charge on any atom is -0.266 e. The minimum atomic E-state index is -0.292. The minimum absolute atomic E-state index is 0.292. The summed E-state index contributed by atoms with van der Waals surface area (Å²) in [5, 5.41) is 10.1. The lowest BCUT2D eigenvalue weighted by Gasteiger charge is -1.99. The molecule has 0 atom stereocenters. The van der Waals surface area contributed by atoms with Gasteiger partial charge in [0, 0.05) is 0 Å². The molecule has 0 aliphatic heterocycles. The van der Waals surface area contributed by atoms with Crippen LogP contribution in [0.25, 0.3) is 10.8 Å². The van der Waals surface area contributed by atoms with Crippen LogP contribution in [0, 0.1) is 6.92 Å². The first-order valence-electron chi connectivity index (χ1n) is 6.35. The Kier molecular flexibility index (Phi) is 3.70. The molecule has 104 valence electrons. The number of amides is 1. The summed E-state index contributed by atoms with van der Waals surface area (Å²) in [6, 6.07) is 14.1. The maximum absolute atomic E-state index is 11.8. The van der Waals surface area contributed by atoms with Crippen molar-refractivity contribution in [3.63, 3.8) is 0 Å². The van der Waals surface area contributed by atoms with Gasteiger partial charge in [0.1, 0.15) is 4.88 Å². The van der Waals surface area contributed by atoms with E-state index in [0.29, 0.717) is 10.6 Å². The third-order valence-electron chi connectivity index (χ3n) is 3.01. The normalized spacial score (nSPS) is 11.1. The molecule has 0 fully saturated rings. The van der Waals surface area contributed by atoms with E-state index >= 15 is 0 Å². The summed E-state index contributed by atoms with van der Waals surface area (Å²) < 4.78 is 3.72. The van der Waals surface area contributed by atoms with E-state index in [1.807, 2.05) is 36.4 Å². The van der Waals surface area contributed by atoms with Gasteiger partial charge in [-0.2, -0.15) is 5.10 Å². The Morgan fingerprint density at radius 3 is 2.81 bits per heavy atom. The molecule has 0 unspecified atom stereocenters. The van der Waals surface area contributed by atoms with E-state index in [2.05, 4.69) is 26.2 Å². The highest BCUT2D eigenvalue weighted by Gasteiger charge is 2.11. The first-order chi connectivity index (χ1) is 10.2. The molecule has 1 heterocycles. The van der Waals surface area contributed by atoms with Gasteiger partial charge in [-0.25, -0.2) is 5.43 Å². The van der Waals surface area contributed by atoms with Gasteiger partial charge in [0.25, 0.3) is 5.91 Å². The summed E-state index contributed by atoms with van der Waals surface area (Å²) in [5.74, 6) is -0.292. The largest absolute Gasteiger partial charge is 0.285 e. The van der Waals surface area contributed by atoms with Crippen LogP contribution in [0.1, 0.15) is 20.9 Å². The van der Waals surface area contributed by atoms with Gasteiger partial charge in [0.05, 0.1) is 11.9 Å². The standard InChI is InChI=1S/C15H12N4OS/c1-10-14(21-19-17-10)15(20)18-16-9-11-6-7-12-4-2-3-5-13(12)8-11/h2-9H,1H3,(H,18,20)/b16-9-. The summed E-state index contributed by atoms with van der Waals surface area (Å²) in [6.45, 7) is 1.74. The third-order valence-corrected chi connectivity index (χ3v) is 3.84. The number of carbonyl (C=O) groups is 1. The Morgan fingerprint density at radius 1 is 1.24 bits per heavy atom. The monoisotopic (exact) mass is 296 g/mol. The van der Waals surface area contributed by atoms with Gasteiger partial charge in [0.2, 0.25) is 0 Å². The molecule has 0 saturated heterocycles. The lowest BCUT2D eigenvalue weighted by Crippen LogP contribution is -2.17. The number of hydrogen-bond acceptors (Lipinski definition) is 5. The van der Waals surface area contributed by atoms with Crippen LogP contribution >= 0.6 is 11.5 Å². The van der Waals surface area contributed by atoms with Crippen LogP contribution in [0.15, 0.2) is 47.6 Å². The lowest BCUT2D eigenvalue weighted by molar-refractivity contribution is 0.0958. The highest BCUT2D eigenvalue weighted by atomic mass is 32.1. The van der Waals surface area contributed by atoms with Gasteiger partial charge in [-0.05, 0) is 40.9 Å². The van der Waals surface area contributed by atoms with Crippen LogP contribution in [0.5, 0.6) is 0 Å². The van der Waals surface area contributed by atoms with Crippen molar-refractivity contribution < 1.29 is 4.79 Å². The van der Waals surface area contributed by atoms with Crippen molar-refractivity contribution in [2.45, 2.75) is 6.92 Å². The van der Waals surface area contributed by atoms with E-state index in [1.165, 1.54) is 5.39 Å². The van der Waals surface area contributed by atoms with Crippen molar-refractivity contribution >= 4 is 34.4 Å². The number of benzene rings is 2. The van der Waals surface area contributed by atoms with Crippen LogP contribution in [0.4, 0.5) is 0 Å². The number of hydrogen-bond donors (Lipinski definition) is 1. The smallest absolute Gasteiger partial charge is 0.266 e. The Bertz CT molecular complexity index is 825. The number of fused-ring (bicyclic) bond motifs is 1. The SMILES string of the molecule is Cc1nnsc1C(=O)N/N=C\c1ccc2ccccc2c1. The molecule has 0 radical (unpaired) electrons. The summed E-state index contributed by atoms with van der Waals surface area (Å²) in [5.41, 5.74) is 4.02. The van der Waals surface area contributed by atoms with Gasteiger partial charge in [-0.15, -0.1) is 5.10 Å². The Morgan fingerprint density at radius 2 is 2.05 bits per heavy atom. The summed E-state index contributed by atoms with van der Waals surface area (Å²) in [7, 11) is 0. The molecule has 0 saturated carbocycles. The van der Waals surface area contributed by atoms with Crippen molar-refractivity contribution in [1.29, 1.82) is 0 Å². The van der Waals surface area contributed by atoms with Crippen molar-refractivity contribution in [2.24, 2.45) is 5.10 Å². The average Bonchev–Trinajstić information content (AvgIpc) is 2.93. The number of aryl methyl sites for hydroxylation is 1. The second-order valence-electron chi connectivity index (χ2n) is 4.49. The maximum Gasteiger partial charge on any atom is 0.285 e. The van der Waals surface area contributed by atoms with E-state index in [1.54, 1.807) is 13.1 Å². The quantitative estimate of drug-likeness (QED) is 0.597. The second kappa shape index (κ2) is 5.80. The van der Waals surface area contributed by atoms with Crippen molar-refractivity contribution in [1.82, 2.24) is 15.0 Å². The Labute approximate surface area is 125 Å². The molecular formula is C15H12N4OS. The molecule has 6 heteroatoms. The summed E-state index contributed by atoms with van der Waals surface area (Å²) >= 11 is 1.06. The van der Waals surface area contributed by atoms with Gasteiger partial charge < -0.3 is 0 Å². The van der Waals surface area contributed by atoms with Crippen molar-refractivity contribution in [3.8, 4) is 0 Å². The van der Waals surface area contributed by atoms with Crippen LogP contribution in [0.3, 0.4) is 0 Å². The predicted molar refractivity (Wildman–Crippen MR) is 83.7 cm³/mol. The molecule has 21 heavy (non-hydrogen) atoms. The molecule has 0 aliphatic rings. The Hall–Kier alpha value is -2.60. The van der Waals surface area contributed by atoms with Gasteiger partial charge >= 0.3 is 0 Å². The number of hydrazone groups is 1. The van der Waals surface area contributed by atoms with E-state index < -0.39 is 0 Å².